The van der Waals surface area contributed by atoms with E-state index < -0.39 is 6.10 Å². The molecule has 1 aromatic carbocycles. The standard InChI is InChI=1S/C14H19NO2/c16-14(11-4-2-8-17-9-11)12-5-1-3-10-6-7-15-13(10)12/h1,3,5,11,14-16H,2,4,6-9H2. The van der Waals surface area contributed by atoms with Gasteiger partial charge in [0.15, 0.2) is 0 Å². The van der Waals surface area contributed by atoms with Crippen molar-refractivity contribution in [2.24, 2.45) is 5.92 Å². The first kappa shape index (κ1) is 11.1. The van der Waals surface area contributed by atoms with Crippen molar-refractivity contribution in [1.29, 1.82) is 0 Å². The number of nitrogens with one attached hydrogen (secondary N) is 1. The van der Waals surface area contributed by atoms with Crippen LogP contribution in [0.15, 0.2) is 18.2 Å². The Morgan fingerprint density at radius 1 is 1.41 bits per heavy atom. The highest BCUT2D eigenvalue weighted by Gasteiger charge is 2.27. The molecule has 0 spiro atoms. The van der Waals surface area contributed by atoms with Gasteiger partial charge in [0.1, 0.15) is 0 Å². The number of ether oxygens (including phenoxy) is 1. The number of aliphatic hydroxyl groups excluding tert-OH is 1. The highest BCUT2D eigenvalue weighted by molar-refractivity contribution is 5.62. The number of hydrogen-bond donors (Lipinski definition) is 2. The summed E-state index contributed by atoms with van der Waals surface area (Å²) in [6, 6.07) is 6.23. The zero-order valence-electron chi connectivity index (χ0n) is 9.98. The van der Waals surface area contributed by atoms with Crippen LogP contribution in [0, 0.1) is 5.92 Å². The third-order valence-corrected chi connectivity index (χ3v) is 3.84. The third kappa shape index (κ3) is 2.05. The Balaban J connectivity index is 1.85. The molecule has 92 valence electrons. The van der Waals surface area contributed by atoms with E-state index >= 15 is 0 Å². The van der Waals surface area contributed by atoms with Crippen molar-refractivity contribution in [3.63, 3.8) is 0 Å². The maximum Gasteiger partial charge on any atom is 0.0860 e. The average Bonchev–Trinajstić information content (AvgIpc) is 2.87. The molecule has 2 aliphatic heterocycles. The van der Waals surface area contributed by atoms with E-state index in [-0.39, 0.29) is 5.92 Å². The van der Waals surface area contributed by atoms with Crippen LogP contribution >= 0.6 is 0 Å². The average molecular weight is 233 g/mol. The first-order valence-electron chi connectivity index (χ1n) is 6.48. The second kappa shape index (κ2) is 4.67. The van der Waals surface area contributed by atoms with Crippen LogP contribution in [-0.2, 0) is 11.2 Å². The molecule has 0 saturated carbocycles. The van der Waals surface area contributed by atoms with Gasteiger partial charge in [-0.15, -0.1) is 0 Å². The Morgan fingerprint density at radius 2 is 2.35 bits per heavy atom. The van der Waals surface area contributed by atoms with Gasteiger partial charge in [0, 0.05) is 30.3 Å². The first-order valence-corrected chi connectivity index (χ1v) is 6.48. The number of benzene rings is 1. The highest BCUT2D eigenvalue weighted by atomic mass is 16.5. The minimum atomic E-state index is -0.393. The molecule has 2 aliphatic rings. The molecule has 2 heterocycles. The van der Waals surface area contributed by atoms with E-state index in [0.29, 0.717) is 6.61 Å². The lowest BCUT2D eigenvalue weighted by molar-refractivity contribution is -0.00970. The minimum Gasteiger partial charge on any atom is -0.388 e. The SMILES string of the molecule is OC(c1cccc2c1NCC2)C1CCCOC1. The third-order valence-electron chi connectivity index (χ3n) is 3.84. The monoisotopic (exact) mass is 233 g/mol. The molecule has 0 amide bonds. The second-order valence-electron chi connectivity index (χ2n) is 4.98. The molecule has 1 aromatic rings. The predicted molar refractivity (Wildman–Crippen MR) is 67.1 cm³/mol. The molecule has 3 nitrogen and oxygen atoms in total. The number of para-hydroxylation sites is 1. The van der Waals surface area contributed by atoms with Gasteiger partial charge in [-0.05, 0) is 24.8 Å². The normalized spacial score (nSPS) is 25.1. The molecule has 0 aliphatic carbocycles. The molecule has 17 heavy (non-hydrogen) atoms. The van der Waals surface area contributed by atoms with E-state index in [1.807, 2.05) is 12.1 Å². The molecule has 3 heteroatoms. The lowest BCUT2D eigenvalue weighted by Gasteiger charge is -2.28. The molecule has 1 saturated heterocycles. The number of anilines is 1. The molecule has 3 rings (SSSR count). The van der Waals surface area contributed by atoms with Gasteiger partial charge in [0.25, 0.3) is 0 Å². The summed E-state index contributed by atoms with van der Waals surface area (Å²) in [7, 11) is 0. The maximum atomic E-state index is 10.5. The van der Waals surface area contributed by atoms with E-state index in [0.717, 1.165) is 43.7 Å². The van der Waals surface area contributed by atoms with Crippen molar-refractivity contribution in [2.45, 2.75) is 25.4 Å². The van der Waals surface area contributed by atoms with Gasteiger partial charge in [-0.25, -0.2) is 0 Å². The lowest BCUT2D eigenvalue weighted by Crippen LogP contribution is -2.24. The first-order chi connectivity index (χ1) is 8.36. The quantitative estimate of drug-likeness (QED) is 0.822. The van der Waals surface area contributed by atoms with Crippen LogP contribution in [0.1, 0.15) is 30.1 Å². The molecule has 0 aromatic heterocycles. The lowest BCUT2D eigenvalue weighted by atomic mass is 9.89. The molecule has 1 fully saturated rings. The fourth-order valence-corrected chi connectivity index (χ4v) is 2.88. The van der Waals surface area contributed by atoms with Gasteiger partial charge in [-0.1, -0.05) is 18.2 Å². The van der Waals surface area contributed by atoms with Crippen molar-refractivity contribution in [3.05, 3.63) is 29.3 Å². The van der Waals surface area contributed by atoms with Crippen LogP contribution in [-0.4, -0.2) is 24.9 Å². The van der Waals surface area contributed by atoms with Crippen molar-refractivity contribution in [3.8, 4) is 0 Å². The number of rotatable bonds is 2. The predicted octanol–water partition coefficient (Wildman–Crippen LogP) is 2.11. The molecule has 0 bridgehead atoms. The Kier molecular flexibility index (Phi) is 3.04. The van der Waals surface area contributed by atoms with Gasteiger partial charge < -0.3 is 15.2 Å². The van der Waals surface area contributed by atoms with Crippen molar-refractivity contribution in [1.82, 2.24) is 0 Å². The fraction of sp³-hybridized carbons (Fsp3) is 0.571. The van der Waals surface area contributed by atoms with Gasteiger partial charge >= 0.3 is 0 Å². The van der Waals surface area contributed by atoms with Crippen LogP contribution in [0.5, 0.6) is 0 Å². The number of fused-ring (bicyclic) bond motifs is 1. The molecule has 2 unspecified atom stereocenters. The Hall–Kier alpha value is -1.06. The van der Waals surface area contributed by atoms with E-state index in [1.165, 1.54) is 5.56 Å². The Morgan fingerprint density at radius 3 is 3.18 bits per heavy atom. The van der Waals surface area contributed by atoms with Crippen LogP contribution < -0.4 is 5.32 Å². The number of hydrogen-bond acceptors (Lipinski definition) is 3. The van der Waals surface area contributed by atoms with Gasteiger partial charge in [0.05, 0.1) is 12.7 Å². The summed E-state index contributed by atoms with van der Waals surface area (Å²) < 4.78 is 5.46. The largest absolute Gasteiger partial charge is 0.388 e. The summed E-state index contributed by atoms with van der Waals surface area (Å²) >= 11 is 0. The molecule has 0 radical (unpaired) electrons. The second-order valence-corrected chi connectivity index (χ2v) is 4.98. The smallest absolute Gasteiger partial charge is 0.0860 e. The van der Waals surface area contributed by atoms with E-state index in [2.05, 4.69) is 11.4 Å². The molecule has 2 N–H and O–H groups in total. The van der Waals surface area contributed by atoms with E-state index in [1.54, 1.807) is 0 Å². The van der Waals surface area contributed by atoms with Crippen molar-refractivity contribution < 1.29 is 9.84 Å². The topological polar surface area (TPSA) is 41.5 Å². The summed E-state index contributed by atoms with van der Waals surface area (Å²) in [5.41, 5.74) is 3.54. The van der Waals surface area contributed by atoms with Gasteiger partial charge in [0.2, 0.25) is 0 Å². The number of aliphatic hydroxyl groups is 1. The van der Waals surface area contributed by atoms with Gasteiger partial charge in [-0.3, -0.25) is 0 Å². The van der Waals surface area contributed by atoms with Gasteiger partial charge in [-0.2, -0.15) is 0 Å². The zero-order chi connectivity index (χ0) is 11.7. The van der Waals surface area contributed by atoms with Crippen molar-refractivity contribution in [2.75, 3.05) is 25.1 Å². The van der Waals surface area contributed by atoms with Crippen LogP contribution in [0.25, 0.3) is 0 Å². The van der Waals surface area contributed by atoms with Crippen LogP contribution in [0.3, 0.4) is 0 Å². The minimum absolute atomic E-state index is 0.248. The maximum absolute atomic E-state index is 10.5. The van der Waals surface area contributed by atoms with E-state index in [4.69, 9.17) is 4.74 Å². The van der Waals surface area contributed by atoms with E-state index in [9.17, 15) is 5.11 Å². The van der Waals surface area contributed by atoms with Crippen LogP contribution in [0.2, 0.25) is 0 Å². The summed E-state index contributed by atoms with van der Waals surface area (Å²) in [6.45, 7) is 2.51. The Labute approximate surface area is 102 Å². The van der Waals surface area contributed by atoms with Crippen molar-refractivity contribution >= 4 is 5.69 Å². The summed E-state index contributed by atoms with van der Waals surface area (Å²) in [5, 5.41) is 13.9. The summed E-state index contributed by atoms with van der Waals surface area (Å²) in [5.74, 6) is 0.248. The highest BCUT2D eigenvalue weighted by Crippen LogP contribution is 2.36. The zero-order valence-corrected chi connectivity index (χ0v) is 9.98. The fourth-order valence-electron chi connectivity index (χ4n) is 2.88. The summed E-state index contributed by atoms with van der Waals surface area (Å²) in [4.78, 5) is 0. The molecular formula is C14H19NO2. The Bertz CT molecular complexity index is 399. The molecule has 2 atom stereocenters. The van der Waals surface area contributed by atoms with Crippen LogP contribution in [0.4, 0.5) is 5.69 Å². The summed E-state index contributed by atoms with van der Waals surface area (Å²) in [6.07, 6.45) is 2.79. The molecular weight excluding hydrogens is 214 g/mol.